The summed E-state index contributed by atoms with van der Waals surface area (Å²) < 4.78 is 0.501. The summed E-state index contributed by atoms with van der Waals surface area (Å²) in [6, 6.07) is 15.9. The van der Waals surface area contributed by atoms with Crippen LogP contribution in [0.2, 0.25) is 5.02 Å². The number of benzene rings is 2. The Morgan fingerprint density at radius 2 is 1.92 bits per heavy atom. The lowest BCUT2D eigenvalue weighted by molar-refractivity contribution is -0.113. The van der Waals surface area contributed by atoms with E-state index < -0.39 is 0 Å². The number of thioether (sulfide) groups is 3. The number of rotatable bonds is 6. The van der Waals surface area contributed by atoms with Gasteiger partial charge in [-0.3, -0.25) is 4.79 Å². The molecule has 0 aromatic heterocycles. The molecule has 0 saturated carbocycles. The van der Waals surface area contributed by atoms with Gasteiger partial charge in [0.05, 0.1) is 10.3 Å². The monoisotopic (exact) mass is 395 g/mol. The summed E-state index contributed by atoms with van der Waals surface area (Å²) in [7, 11) is 0. The van der Waals surface area contributed by atoms with E-state index in [0.717, 1.165) is 16.5 Å². The van der Waals surface area contributed by atoms with Gasteiger partial charge in [0.1, 0.15) is 0 Å². The molecule has 0 aliphatic carbocycles. The van der Waals surface area contributed by atoms with Crippen LogP contribution in [0, 0.1) is 0 Å². The summed E-state index contributed by atoms with van der Waals surface area (Å²) in [5.41, 5.74) is 3.35. The minimum absolute atomic E-state index is 0.0397. The highest BCUT2D eigenvalue weighted by molar-refractivity contribution is 8.19. The van der Waals surface area contributed by atoms with Gasteiger partial charge in [-0.15, -0.1) is 35.3 Å². The fourth-order valence-corrected chi connectivity index (χ4v) is 6.11. The van der Waals surface area contributed by atoms with E-state index in [1.165, 1.54) is 22.6 Å². The fraction of sp³-hybridized carbons (Fsp3) is 0.278. The minimum atomic E-state index is 0.0397. The Labute approximate surface area is 160 Å². The van der Waals surface area contributed by atoms with E-state index in [1.807, 2.05) is 59.9 Å². The van der Waals surface area contributed by atoms with Crippen LogP contribution in [0.1, 0.15) is 15.7 Å². The molecule has 1 heterocycles. The summed E-state index contributed by atoms with van der Waals surface area (Å²) >= 11 is 11.4. The first-order valence-corrected chi connectivity index (χ1v) is 11.3. The Morgan fingerprint density at radius 1 is 1.17 bits per heavy atom. The van der Waals surface area contributed by atoms with Gasteiger partial charge in [-0.25, -0.2) is 0 Å². The van der Waals surface area contributed by atoms with Crippen LogP contribution in [0.15, 0.2) is 48.5 Å². The zero-order chi connectivity index (χ0) is 16.8. The first kappa shape index (κ1) is 18.1. The third-order valence-electron chi connectivity index (χ3n) is 3.48. The van der Waals surface area contributed by atoms with Crippen molar-refractivity contribution in [3.05, 3.63) is 64.7 Å². The Balaban J connectivity index is 1.47. The Bertz CT molecular complexity index is 687. The normalized spacial score (nSPS) is 14.7. The summed E-state index contributed by atoms with van der Waals surface area (Å²) in [4.78, 5) is 12.1. The van der Waals surface area contributed by atoms with Crippen LogP contribution in [0.5, 0.6) is 0 Å². The van der Waals surface area contributed by atoms with Gasteiger partial charge >= 0.3 is 0 Å². The summed E-state index contributed by atoms with van der Waals surface area (Å²) in [6.45, 7) is 0. The average molecular weight is 396 g/mol. The molecule has 1 aliphatic heterocycles. The number of hydrogen-bond acceptors (Lipinski definition) is 4. The molecule has 2 nitrogen and oxygen atoms in total. The first-order chi connectivity index (χ1) is 11.7. The van der Waals surface area contributed by atoms with Crippen LogP contribution in [0.3, 0.4) is 0 Å². The number of hydrogen-bond donors (Lipinski definition) is 1. The standard InChI is InChI=1S/C18H18ClNOS3/c19-15-6-4-13(5-7-15)11-22-12-17(21)20-16-3-1-2-14(10-16)18-23-8-9-24-18/h1-7,10,18H,8-9,11-12H2,(H,20,21). The molecule has 0 bridgehead atoms. The predicted octanol–water partition coefficient (Wildman–Crippen LogP) is 5.69. The van der Waals surface area contributed by atoms with Crippen molar-refractivity contribution in [1.29, 1.82) is 0 Å². The van der Waals surface area contributed by atoms with Crippen LogP contribution in [0.4, 0.5) is 5.69 Å². The molecule has 126 valence electrons. The number of nitrogens with one attached hydrogen (secondary N) is 1. The molecule has 0 unspecified atom stereocenters. The van der Waals surface area contributed by atoms with Crippen molar-refractivity contribution < 1.29 is 4.79 Å². The van der Waals surface area contributed by atoms with Crippen LogP contribution in [-0.4, -0.2) is 23.2 Å². The lowest BCUT2D eigenvalue weighted by atomic mass is 10.2. The molecule has 1 amide bonds. The van der Waals surface area contributed by atoms with Crippen LogP contribution in [-0.2, 0) is 10.5 Å². The molecular weight excluding hydrogens is 378 g/mol. The second kappa shape index (κ2) is 9.09. The van der Waals surface area contributed by atoms with Gasteiger partial charge in [0.25, 0.3) is 0 Å². The van der Waals surface area contributed by atoms with Crippen LogP contribution >= 0.6 is 46.9 Å². The maximum atomic E-state index is 12.1. The SMILES string of the molecule is O=C(CSCc1ccc(Cl)cc1)Nc1cccc(C2SCCS2)c1. The highest BCUT2D eigenvalue weighted by Crippen LogP contribution is 2.45. The highest BCUT2D eigenvalue weighted by atomic mass is 35.5. The maximum Gasteiger partial charge on any atom is 0.234 e. The van der Waals surface area contributed by atoms with E-state index in [-0.39, 0.29) is 5.91 Å². The summed E-state index contributed by atoms with van der Waals surface area (Å²) in [5.74, 6) is 3.69. The number of carbonyl (C=O) groups is 1. The van der Waals surface area contributed by atoms with E-state index in [0.29, 0.717) is 10.3 Å². The number of halogens is 1. The molecular formula is C18H18ClNOS3. The molecule has 0 radical (unpaired) electrons. The maximum absolute atomic E-state index is 12.1. The van der Waals surface area contributed by atoms with Gasteiger partial charge in [-0.05, 0) is 35.4 Å². The van der Waals surface area contributed by atoms with E-state index in [9.17, 15) is 4.79 Å². The van der Waals surface area contributed by atoms with Crippen molar-refractivity contribution in [2.45, 2.75) is 10.3 Å². The number of anilines is 1. The van der Waals surface area contributed by atoms with Crippen molar-refractivity contribution in [3.8, 4) is 0 Å². The third kappa shape index (κ3) is 5.38. The van der Waals surface area contributed by atoms with Gasteiger partial charge in [0.2, 0.25) is 5.91 Å². The largest absolute Gasteiger partial charge is 0.325 e. The van der Waals surface area contributed by atoms with Crippen LogP contribution in [0.25, 0.3) is 0 Å². The van der Waals surface area contributed by atoms with Crippen molar-refractivity contribution >= 4 is 58.5 Å². The van der Waals surface area contributed by atoms with Crippen molar-refractivity contribution in [3.63, 3.8) is 0 Å². The van der Waals surface area contributed by atoms with E-state index in [4.69, 9.17) is 11.6 Å². The molecule has 6 heteroatoms. The first-order valence-electron chi connectivity index (χ1n) is 7.66. The van der Waals surface area contributed by atoms with Gasteiger partial charge in [-0.1, -0.05) is 35.9 Å². The molecule has 1 aliphatic rings. The third-order valence-corrected chi connectivity index (χ3v) is 7.84. The predicted molar refractivity (Wildman–Crippen MR) is 110 cm³/mol. The van der Waals surface area contributed by atoms with Gasteiger partial charge in [-0.2, -0.15) is 0 Å². The highest BCUT2D eigenvalue weighted by Gasteiger charge is 2.18. The van der Waals surface area contributed by atoms with Crippen LogP contribution < -0.4 is 5.32 Å². The molecule has 3 rings (SSSR count). The second-order valence-electron chi connectivity index (χ2n) is 5.37. The van der Waals surface area contributed by atoms with E-state index in [2.05, 4.69) is 17.4 Å². The molecule has 1 saturated heterocycles. The summed E-state index contributed by atoms with van der Waals surface area (Å²) in [5, 5.41) is 3.74. The zero-order valence-corrected chi connectivity index (χ0v) is 16.2. The smallest absolute Gasteiger partial charge is 0.234 e. The second-order valence-corrected chi connectivity index (χ2v) is 9.51. The zero-order valence-electron chi connectivity index (χ0n) is 13.0. The van der Waals surface area contributed by atoms with E-state index in [1.54, 1.807) is 11.8 Å². The molecule has 2 aromatic rings. The minimum Gasteiger partial charge on any atom is -0.325 e. The van der Waals surface area contributed by atoms with Crippen molar-refractivity contribution in [1.82, 2.24) is 0 Å². The molecule has 0 spiro atoms. The summed E-state index contributed by atoms with van der Waals surface area (Å²) in [6.07, 6.45) is 0. The molecule has 2 aromatic carbocycles. The lowest BCUT2D eigenvalue weighted by Gasteiger charge is -2.11. The quantitative estimate of drug-likeness (QED) is 0.680. The topological polar surface area (TPSA) is 29.1 Å². The lowest BCUT2D eigenvalue weighted by Crippen LogP contribution is -2.14. The Kier molecular flexibility index (Phi) is 6.84. The number of amides is 1. The molecule has 24 heavy (non-hydrogen) atoms. The Hall–Kier alpha value is -0.750. The van der Waals surface area contributed by atoms with Crippen molar-refractivity contribution in [2.75, 3.05) is 22.6 Å². The van der Waals surface area contributed by atoms with Gasteiger partial charge in [0.15, 0.2) is 0 Å². The fourth-order valence-electron chi connectivity index (χ4n) is 2.35. The number of carbonyl (C=O) groups excluding carboxylic acids is 1. The molecule has 1 fully saturated rings. The molecule has 1 N–H and O–H groups in total. The van der Waals surface area contributed by atoms with Gasteiger partial charge in [0, 0.05) is 28.0 Å². The van der Waals surface area contributed by atoms with Gasteiger partial charge < -0.3 is 5.32 Å². The van der Waals surface area contributed by atoms with E-state index >= 15 is 0 Å². The molecule has 0 atom stereocenters. The average Bonchev–Trinajstić information content (AvgIpc) is 3.11. The van der Waals surface area contributed by atoms with Crippen molar-refractivity contribution in [2.24, 2.45) is 0 Å². The Morgan fingerprint density at radius 3 is 2.67 bits per heavy atom.